The van der Waals surface area contributed by atoms with Crippen LogP contribution in [0, 0.1) is 11.7 Å². The Bertz CT molecular complexity index is 2810. The molecule has 2 aromatic heterocycles. The molecule has 4 aliphatic rings. The van der Waals surface area contributed by atoms with Gasteiger partial charge in [-0.3, -0.25) is 29.4 Å². The summed E-state index contributed by atoms with van der Waals surface area (Å²) in [4.78, 5) is 71.5. The summed E-state index contributed by atoms with van der Waals surface area (Å²) in [7, 11) is 0. The largest absolute Gasteiger partial charge is 0.457 e. The third-order valence-electron chi connectivity index (χ3n) is 13.1. The number of rotatable bonds is 12. The second-order valence-corrected chi connectivity index (χ2v) is 17.5. The predicted molar refractivity (Wildman–Crippen MR) is 246 cm³/mol. The van der Waals surface area contributed by atoms with Gasteiger partial charge in [-0.2, -0.15) is 0 Å². The molecular weight excluding hydrogens is 849 g/mol. The molecule has 4 aromatic carbocycles. The number of hydrogen-bond donors (Lipinski definition) is 3. The number of aromatic amines is 1. The van der Waals surface area contributed by atoms with Crippen molar-refractivity contribution in [3.05, 3.63) is 131 Å². The van der Waals surface area contributed by atoms with Crippen molar-refractivity contribution in [3.8, 4) is 11.5 Å². The number of benzene rings is 4. The summed E-state index contributed by atoms with van der Waals surface area (Å²) >= 11 is 6.61. The van der Waals surface area contributed by atoms with E-state index in [0.29, 0.717) is 69.7 Å². The van der Waals surface area contributed by atoms with Crippen LogP contribution in [0.15, 0.2) is 97.5 Å². The van der Waals surface area contributed by atoms with Crippen molar-refractivity contribution in [3.63, 3.8) is 0 Å². The van der Waals surface area contributed by atoms with Crippen LogP contribution in [0.5, 0.6) is 11.5 Å². The number of amides is 3. The molecule has 10 rings (SSSR count). The van der Waals surface area contributed by atoms with Crippen molar-refractivity contribution < 1.29 is 28.3 Å². The van der Waals surface area contributed by atoms with E-state index in [2.05, 4.69) is 46.4 Å². The van der Waals surface area contributed by atoms with E-state index in [-0.39, 0.29) is 40.4 Å². The fourth-order valence-corrected chi connectivity index (χ4v) is 9.80. The second kappa shape index (κ2) is 18.0. The number of H-pyrrole nitrogens is 1. The van der Waals surface area contributed by atoms with Gasteiger partial charge in [-0.15, -0.1) is 0 Å². The van der Waals surface area contributed by atoms with Gasteiger partial charge in [0.05, 0.1) is 21.7 Å². The van der Waals surface area contributed by atoms with Crippen LogP contribution in [0.2, 0.25) is 5.02 Å². The van der Waals surface area contributed by atoms with Gasteiger partial charge >= 0.3 is 0 Å². The van der Waals surface area contributed by atoms with Crippen molar-refractivity contribution in [2.45, 2.75) is 44.7 Å². The highest BCUT2D eigenvalue weighted by molar-refractivity contribution is 6.36. The van der Waals surface area contributed by atoms with Gasteiger partial charge in [-0.25, -0.2) is 14.4 Å². The van der Waals surface area contributed by atoms with Crippen LogP contribution in [-0.4, -0.2) is 100 Å². The highest BCUT2D eigenvalue weighted by Gasteiger charge is 2.39. The lowest BCUT2D eigenvalue weighted by atomic mass is 9.93. The number of ketones is 1. The van der Waals surface area contributed by atoms with Gasteiger partial charge in [0.1, 0.15) is 41.2 Å². The molecule has 6 heterocycles. The highest BCUT2D eigenvalue weighted by Crippen LogP contribution is 2.35. The molecule has 0 saturated carbocycles. The van der Waals surface area contributed by atoms with Gasteiger partial charge in [0.2, 0.25) is 11.8 Å². The molecule has 14 nitrogen and oxygen atoms in total. The Morgan fingerprint density at radius 2 is 1.66 bits per heavy atom. The number of halogens is 2. The molecule has 0 spiro atoms. The molecule has 3 N–H and O–H groups in total. The van der Waals surface area contributed by atoms with E-state index in [9.17, 15) is 19.2 Å². The van der Waals surface area contributed by atoms with E-state index >= 15 is 4.39 Å². The fraction of sp³-hybridized carbons (Fsp3) is 0.306. The molecule has 65 heavy (non-hydrogen) atoms. The summed E-state index contributed by atoms with van der Waals surface area (Å²) in [6.07, 6.45) is 6.61. The standard InChI is InChI=1S/C49H47ClFN9O5/c50-39-26-35(65-34-4-2-1-3-5-34)8-10-37(39)45(62)38-27-52-46-44(38)47(54-29-53-46)55-32-6-11-41(40(51)25-32)59-18-15-30(16-19-59)14-17-57-20-22-58(23-21-57)33-7-9-36-31(24-33)28-60(49(36)64)42-12-13-43(61)56-48(42)63/h1-11,24-27,29-30,42H,12-23,28H2,(H,56,61,63)(H2,52,53,54,55)/t42-/m0/s1. The molecule has 0 bridgehead atoms. The Morgan fingerprint density at radius 1 is 0.846 bits per heavy atom. The molecule has 3 amide bonds. The number of para-hydroxylation sites is 1. The van der Waals surface area contributed by atoms with Crippen LogP contribution >= 0.6 is 11.6 Å². The van der Waals surface area contributed by atoms with Gasteiger partial charge in [-0.05, 0) is 104 Å². The maximum atomic E-state index is 15.8. The number of ether oxygens (including phenoxy) is 1. The zero-order valence-electron chi connectivity index (χ0n) is 35.6. The number of piperidine rings is 2. The summed E-state index contributed by atoms with van der Waals surface area (Å²) in [5.41, 5.74) is 4.74. The normalized spacial score (nSPS) is 18.3. The van der Waals surface area contributed by atoms with Crippen molar-refractivity contribution >= 4 is 69.0 Å². The van der Waals surface area contributed by atoms with Crippen molar-refractivity contribution in [2.75, 3.05) is 60.9 Å². The molecule has 0 radical (unpaired) electrons. The third-order valence-corrected chi connectivity index (χ3v) is 13.5. The van der Waals surface area contributed by atoms with E-state index in [1.54, 1.807) is 35.4 Å². The minimum Gasteiger partial charge on any atom is -0.457 e. The van der Waals surface area contributed by atoms with Crippen LogP contribution in [0.4, 0.5) is 27.3 Å². The van der Waals surface area contributed by atoms with E-state index < -0.39 is 11.9 Å². The molecule has 3 saturated heterocycles. The molecule has 4 aliphatic heterocycles. The minimum atomic E-state index is -0.619. The molecule has 3 fully saturated rings. The Hall–Kier alpha value is -6.84. The maximum absolute atomic E-state index is 15.8. The van der Waals surface area contributed by atoms with Crippen LogP contribution in [0.1, 0.15) is 63.9 Å². The smallest absolute Gasteiger partial charge is 0.255 e. The van der Waals surface area contributed by atoms with Gasteiger partial charge in [0.15, 0.2) is 5.78 Å². The number of carbonyl (C=O) groups excluding carboxylic acids is 4. The van der Waals surface area contributed by atoms with E-state index in [1.807, 2.05) is 48.5 Å². The number of fused-ring (bicyclic) bond motifs is 2. The first-order valence-corrected chi connectivity index (χ1v) is 22.5. The zero-order valence-corrected chi connectivity index (χ0v) is 36.3. The summed E-state index contributed by atoms with van der Waals surface area (Å²) in [6.45, 7) is 6.58. The number of anilines is 4. The average molecular weight is 896 g/mol. The van der Waals surface area contributed by atoms with Gasteiger partial charge in [0.25, 0.3) is 5.91 Å². The Morgan fingerprint density at radius 3 is 2.43 bits per heavy atom. The van der Waals surface area contributed by atoms with Crippen LogP contribution in [0.25, 0.3) is 11.0 Å². The average Bonchev–Trinajstić information content (AvgIpc) is 3.90. The Balaban J connectivity index is 0.706. The monoisotopic (exact) mass is 895 g/mol. The zero-order chi connectivity index (χ0) is 44.6. The maximum Gasteiger partial charge on any atom is 0.255 e. The molecule has 1 atom stereocenters. The molecule has 6 aromatic rings. The van der Waals surface area contributed by atoms with Gasteiger partial charge < -0.3 is 29.7 Å². The van der Waals surface area contributed by atoms with Crippen molar-refractivity contribution in [2.24, 2.45) is 5.92 Å². The fourth-order valence-electron chi connectivity index (χ4n) is 9.54. The van der Waals surface area contributed by atoms with Gasteiger partial charge in [0, 0.05) is 87.0 Å². The first kappa shape index (κ1) is 42.1. The molecular formula is C49H47ClFN9O5. The van der Waals surface area contributed by atoms with Crippen LogP contribution < -0.4 is 25.2 Å². The number of nitrogens with one attached hydrogen (secondary N) is 3. The van der Waals surface area contributed by atoms with Crippen LogP contribution in [-0.2, 0) is 16.1 Å². The summed E-state index contributed by atoms with van der Waals surface area (Å²) in [5, 5.41) is 6.28. The Kier molecular flexibility index (Phi) is 11.6. The number of carbonyl (C=O) groups is 4. The first-order valence-electron chi connectivity index (χ1n) is 22.1. The topological polar surface area (TPSA) is 156 Å². The quantitative estimate of drug-likeness (QED) is 0.0818. The summed E-state index contributed by atoms with van der Waals surface area (Å²) < 4.78 is 21.7. The second-order valence-electron chi connectivity index (χ2n) is 17.1. The Labute approximate surface area is 379 Å². The number of imide groups is 1. The van der Waals surface area contributed by atoms with Crippen LogP contribution in [0.3, 0.4) is 0 Å². The van der Waals surface area contributed by atoms with E-state index in [4.69, 9.17) is 16.3 Å². The number of piperazine rings is 1. The van der Waals surface area contributed by atoms with Crippen molar-refractivity contribution in [1.29, 1.82) is 0 Å². The van der Waals surface area contributed by atoms with Gasteiger partial charge in [-0.1, -0.05) is 29.8 Å². The first-order chi connectivity index (χ1) is 31.6. The van der Waals surface area contributed by atoms with E-state index in [0.717, 1.165) is 76.3 Å². The predicted octanol–water partition coefficient (Wildman–Crippen LogP) is 7.71. The lowest BCUT2D eigenvalue weighted by Gasteiger charge is -2.38. The summed E-state index contributed by atoms with van der Waals surface area (Å²) in [5.74, 6) is 0.555. The molecule has 0 unspecified atom stereocenters. The molecule has 0 aliphatic carbocycles. The third kappa shape index (κ3) is 8.73. The van der Waals surface area contributed by atoms with E-state index in [1.165, 1.54) is 12.4 Å². The number of aromatic nitrogens is 3. The lowest BCUT2D eigenvalue weighted by Crippen LogP contribution is -2.52. The molecule has 332 valence electrons. The highest BCUT2D eigenvalue weighted by atomic mass is 35.5. The minimum absolute atomic E-state index is 0.155. The number of hydrogen-bond acceptors (Lipinski definition) is 11. The lowest BCUT2D eigenvalue weighted by molar-refractivity contribution is -0.136. The number of nitrogens with zero attached hydrogens (tertiary/aromatic N) is 6. The summed E-state index contributed by atoms with van der Waals surface area (Å²) in [6, 6.07) is 24.6. The van der Waals surface area contributed by atoms with Crippen molar-refractivity contribution in [1.82, 2.24) is 30.1 Å². The SMILES string of the molecule is O=C1CC[C@H](N2Cc3cc(N4CCN(CCC5CCN(c6ccc(Nc7ncnc8[nH]cc(C(=O)c9ccc(Oc%10ccccc%10)cc9Cl)c78)cc6F)CC5)CC4)ccc3C2=O)C(=O)N1. The molecule has 16 heteroatoms.